The van der Waals surface area contributed by atoms with Crippen molar-refractivity contribution in [1.29, 1.82) is 0 Å². The largest absolute Gasteiger partial charge is 0.477 e. The van der Waals surface area contributed by atoms with Crippen LogP contribution in [0.5, 0.6) is 0 Å². The van der Waals surface area contributed by atoms with Crippen LogP contribution in [0, 0.1) is 0 Å². The topological polar surface area (TPSA) is 266 Å². The van der Waals surface area contributed by atoms with Gasteiger partial charge in [0, 0.05) is 46.8 Å². The number of hydrogen-bond donors (Lipinski definition) is 8. The minimum atomic E-state index is -1.29. The fraction of sp³-hybridized carbons (Fsp3) is 0.278. The third-order valence-electron chi connectivity index (χ3n) is 8.86. The van der Waals surface area contributed by atoms with Crippen molar-refractivity contribution in [3.05, 3.63) is 89.3 Å². The number of aliphatic hydroxyl groups is 2. The average molecular weight is 789 g/mol. The summed E-state index contributed by atoms with van der Waals surface area (Å²) in [4.78, 5) is 69.1. The smallest absolute Gasteiger partial charge is 0.352 e. The standard InChI is InChI=1S/C36H37ClN10O9/c37-22-3-8-31(47-19-38-44-45-47)28(16-22)42-33(51)34(52)43-29(32(50)39-24-6-7-27-21(14-24)15-30(41-27)35(53)54)13-20-1-4-23(5-2-20)40-36(55)46-11-9-26(10-12-46)56-18-25(49)17-48/h1-8,14-16,19,25-26,29,41,48-49H,9-13,17-18H2,(H,39,50)(H,40,55)(H,42,51)(H,43,52)(H,53,54)/t25-,29-/m0/s1. The number of hydrogen-bond acceptors (Lipinski definition) is 11. The van der Waals surface area contributed by atoms with Crippen LogP contribution >= 0.6 is 11.6 Å². The maximum atomic E-state index is 13.7. The number of piperidine rings is 1. The number of carboxylic acid groups (broad SMARTS) is 1. The number of anilines is 3. The highest BCUT2D eigenvalue weighted by atomic mass is 35.5. The highest BCUT2D eigenvalue weighted by Gasteiger charge is 2.27. The first-order valence-corrected chi connectivity index (χ1v) is 17.7. The molecule has 0 radical (unpaired) electrons. The van der Waals surface area contributed by atoms with E-state index >= 15 is 0 Å². The number of nitrogens with zero attached hydrogens (tertiary/aromatic N) is 5. The minimum Gasteiger partial charge on any atom is -0.477 e. The molecule has 0 spiro atoms. The van der Waals surface area contributed by atoms with Crippen molar-refractivity contribution < 1.29 is 44.0 Å². The Labute approximate surface area is 323 Å². The van der Waals surface area contributed by atoms with Crippen molar-refractivity contribution in [2.45, 2.75) is 37.5 Å². The molecule has 6 rings (SSSR count). The predicted octanol–water partition coefficient (Wildman–Crippen LogP) is 2.17. The lowest BCUT2D eigenvalue weighted by molar-refractivity contribution is -0.137. The summed E-state index contributed by atoms with van der Waals surface area (Å²) in [6, 6.07) is 15.6. The molecule has 0 unspecified atom stereocenters. The maximum Gasteiger partial charge on any atom is 0.352 e. The number of urea groups is 1. The van der Waals surface area contributed by atoms with Crippen molar-refractivity contribution in [1.82, 2.24) is 35.4 Å². The van der Waals surface area contributed by atoms with E-state index < -0.39 is 35.8 Å². The number of aromatic nitrogens is 5. The van der Waals surface area contributed by atoms with Gasteiger partial charge in [0.25, 0.3) is 0 Å². The number of carboxylic acids is 1. The summed E-state index contributed by atoms with van der Waals surface area (Å²) in [6.45, 7) is 0.494. The molecule has 20 heteroatoms. The van der Waals surface area contributed by atoms with Gasteiger partial charge in [0.15, 0.2) is 0 Å². The number of nitrogens with one attached hydrogen (secondary N) is 5. The molecule has 0 bridgehead atoms. The number of rotatable bonds is 13. The molecule has 2 atom stereocenters. The second-order valence-corrected chi connectivity index (χ2v) is 13.3. The zero-order valence-corrected chi connectivity index (χ0v) is 30.3. The SMILES string of the molecule is O=C(Nc1cc(Cl)ccc1-n1cnnn1)C(=O)N[C@@H](Cc1ccc(NC(=O)N2CCC(OC[C@@H](O)CO)CC2)cc1)C(=O)Nc1ccc2[nH]c(C(=O)O)cc2c1. The molecule has 5 amide bonds. The summed E-state index contributed by atoms with van der Waals surface area (Å²) in [7, 11) is 0. The monoisotopic (exact) mass is 788 g/mol. The number of carbonyl (C=O) groups is 5. The molecule has 19 nitrogen and oxygen atoms in total. The van der Waals surface area contributed by atoms with E-state index in [1.807, 2.05) is 0 Å². The van der Waals surface area contributed by atoms with Crippen LogP contribution < -0.4 is 21.3 Å². The Bertz CT molecular complexity index is 2210. The van der Waals surface area contributed by atoms with Gasteiger partial charge in [0.1, 0.15) is 24.2 Å². The van der Waals surface area contributed by atoms with Gasteiger partial charge < -0.3 is 51.2 Å². The highest BCUT2D eigenvalue weighted by molar-refractivity contribution is 6.40. The molecule has 2 aromatic heterocycles. The van der Waals surface area contributed by atoms with Crippen LogP contribution in [0.4, 0.5) is 21.9 Å². The first-order valence-electron chi connectivity index (χ1n) is 17.3. The number of aromatic carboxylic acids is 1. The number of H-pyrrole nitrogens is 1. The Hall–Kier alpha value is -6.41. The molecule has 1 saturated heterocycles. The van der Waals surface area contributed by atoms with Gasteiger partial charge in [0.05, 0.1) is 30.7 Å². The summed E-state index contributed by atoms with van der Waals surface area (Å²) in [6.07, 6.45) is 1.27. The normalized spacial score (nSPS) is 14.2. The van der Waals surface area contributed by atoms with Crippen molar-refractivity contribution in [3.8, 4) is 5.69 Å². The lowest BCUT2D eigenvalue weighted by Gasteiger charge is -2.32. The van der Waals surface area contributed by atoms with Gasteiger partial charge in [0.2, 0.25) is 5.91 Å². The number of aliphatic hydroxyl groups excluding tert-OH is 2. The zero-order valence-electron chi connectivity index (χ0n) is 29.5. The molecular weight excluding hydrogens is 752 g/mol. The van der Waals surface area contributed by atoms with Crippen LogP contribution in [-0.2, 0) is 25.5 Å². The Balaban J connectivity index is 1.13. The molecule has 5 aromatic rings. The first kappa shape index (κ1) is 39.3. The minimum absolute atomic E-state index is 0.0185. The molecule has 3 heterocycles. The van der Waals surface area contributed by atoms with Crippen molar-refractivity contribution in [3.63, 3.8) is 0 Å². The molecular formula is C36H37ClN10O9. The van der Waals surface area contributed by atoms with Gasteiger partial charge in [-0.15, -0.1) is 5.10 Å². The van der Waals surface area contributed by atoms with E-state index in [0.717, 1.165) is 0 Å². The molecule has 0 aliphatic carbocycles. The molecule has 3 aromatic carbocycles. The fourth-order valence-electron chi connectivity index (χ4n) is 5.93. The summed E-state index contributed by atoms with van der Waals surface area (Å²) in [5, 5.41) is 50.2. The number of amides is 5. The van der Waals surface area contributed by atoms with Crippen molar-refractivity contribution >= 4 is 69.3 Å². The second-order valence-electron chi connectivity index (χ2n) is 12.9. The Kier molecular flexibility index (Phi) is 12.5. The molecule has 8 N–H and O–H groups in total. The van der Waals surface area contributed by atoms with E-state index in [2.05, 4.69) is 41.8 Å². The van der Waals surface area contributed by atoms with Gasteiger partial charge in [-0.3, -0.25) is 14.4 Å². The Morgan fingerprint density at radius 3 is 2.38 bits per heavy atom. The van der Waals surface area contributed by atoms with Gasteiger partial charge in [-0.2, -0.15) is 4.68 Å². The van der Waals surface area contributed by atoms with Crippen LogP contribution in [-0.4, -0.2) is 120 Å². The average Bonchev–Trinajstić information content (AvgIpc) is 3.88. The number of halogens is 1. The molecule has 1 aliphatic rings. The van der Waals surface area contributed by atoms with E-state index in [1.165, 1.54) is 23.1 Å². The van der Waals surface area contributed by atoms with Gasteiger partial charge in [-0.25, -0.2) is 9.59 Å². The number of aromatic amines is 1. The molecule has 56 heavy (non-hydrogen) atoms. The second kappa shape index (κ2) is 17.8. The summed E-state index contributed by atoms with van der Waals surface area (Å²) < 4.78 is 6.87. The van der Waals surface area contributed by atoms with Gasteiger partial charge in [-0.05, 0) is 83.4 Å². The molecule has 1 fully saturated rings. The summed E-state index contributed by atoms with van der Waals surface area (Å²) in [5.74, 6) is -4.06. The van der Waals surface area contributed by atoms with E-state index in [0.29, 0.717) is 59.5 Å². The van der Waals surface area contributed by atoms with Crippen molar-refractivity contribution in [2.24, 2.45) is 0 Å². The lowest BCUT2D eigenvalue weighted by atomic mass is 10.0. The number of ether oxygens (including phenoxy) is 1. The molecule has 1 aliphatic heterocycles. The quantitative estimate of drug-likeness (QED) is 0.0798. The lowest BCUT2D eigenvalue weighted by Crippen LogP contribution is -2.49. The van der Waals surface area contributed by atoms with Crippen LogP contribution in [0.3, 0.4) is 0 Å². The predicted molar refractivity (Wildman–Crippen MR) is 201 cm³/mol. The van der Waals surface area contributed by atoms with E-state index in [-0.39, 0.29) is 48.2 Å². The maximum absolute atomic E-state index is 13.7. The van der Waals surface area contributed by atoms with Gasteiger partial charge in [-0.1, -0.05) is 23.7 Å². The van der Waals surface area contributed by atoms with Crippen LogP contribution in [0.2, 0.25) is 5.02 Å². The van der Waals surface area contributed by atoms with E-state index in [9.17, 15) is 34.2 Å². The van der Waals surface area contributed by atoms with Crippen LogP contribution in [0.1, 0.15) is 28.9 Å². The van der Waals surface area contributed by atoms with Crippen LogP contribution in [0.15, 0.2) is 73.1 Å². The van der Waals surface area contributed by atoms with E-state index in [1.54, 1.807) is 59.5 Å². The Morgan fingerprint density at radius 1 is 0.929 bits per heavy atom. The molecule has 292 valence electrons. The fourth-order valence-corrected chi connectivity index (χ4v) is 6.11. The zero-order chi connectivity index (χ0) is 39.8. The summed E-state index contributed by atoms with van der Waals surface area (Å²) >= 11 is 6.15. The van der Waals surface area contributed by atoms with Crippen LogP contribution in [0.25, 0.3) is 16.6 Å². The third-order valence-corrected chi connectivity index (χ3v) is 9.09. The number of tetrazole rings is 1. The Morgan fingerprint density at radius 2 is 1.68 bits per heavy atom. The molecule has 0 saturated carbocycles. The first-order chi connectivity index (χ1) is 26.9. The highest BCUT2D eigenvalue weighted by Crippen LogP contribution is 2.25. The van der Waals surface area contributed by atoms with Crippen molar-refractivity contribution in [2.75, 3.05) is 42.3 Å². The number of likely N-dealkylation sites (tertiary alicyclic amines) is 1. The number of benzene rings is 3. The van der Waals surface area contributed by atoms with Gasteiger partial charge >= 0.3 is 23.8 Å². The summed E-state index contributed by atoms with van der Waals surface area (Å²) in [5.41, 5.74) is 2.31. The van der Waals surface area contributed by atoms with E-state index in [4.69, 9.17) is 21.4 Å². The number of fused-ring (bicyclic) bond motifs is 1. The third kappa shape index (κ3) is 10.0. The number of carbonyl (C=O) groups excluding carboxylic acids is 4.